The smallest absolute Gasteiger partial charge is 0.244 e. The topological polar surface area (TPSA) is 91.2 Å². The molecule has 1 N–H and O–H groups in total. The summed E-state index contributed by atoms with van der Waals surface area (Å²) in [5, 5.41) is 2.90. The van der Waals surface area contributed by atoms with E-state index < -0.39 is 0 Å². The molecule has 1 amide bonds. The van der Waals surface area contributed by atoms with Crippen LogP contribution in [0.2, 0.25) is 10.4 Å². The minimum atomic E-state index is -0.280. The zero-order valence-corrected chi connectivity index (χ0v) is 14.8. The number of carbonyl (C=O) groups is 1. The highest BCUT2D eigenvalue weighted by molar-refractivity contribution is 6.35. The van der Waals surface area contributed by atoms with Crippen LogP contribution in [0, 0.1) is 0 Å². The Balaban J connectivity index is 1.79. The highest BCUT2D eigenvalue weighted by atomic mass is 35.5. The minimum absolute atomic E-state index is 0.00229. The fraction of sp³-hybridized carbons (Fsp3) is 0.200. The summed E-state index contributed by atoms with van der Waals surface area (Å²) in [6, 6.07) is 5.08. The van der Waals surface area contributed by atoms with Gasteiger partial charge in [-0.05, 0) is 23.7 Å². The lowest BCUT2D eigenvalue weighted by atomic mass is 10.2. The van der Waals surface area contributed by atoms with Crippen LogP contribution in [0.15, 0.2) is 24.5 Å². The first-order valence-corrected chi connectivity index (χ1v) is 7.83. The maximum Gasteiger partial charge on any atom is 0.244 e. The van der Waals surface area contributed by atoms with Crippen LogP contribution in [0.1, 0.15) is 0 Å². The lowest BCUT2D eigenvalue weighted by Crippen LogP contribution is -2.18. The van der Waals surface area contributed by atoms with Crippen molar-refractivity contribution in [2.45, 2.75) is 6.54 Å². The van der Waals surface area contributed by atoms with Crippen molar-refractivity contribution >= 4 is 46.0 Å². The summed E-state index contributed by atoms with van der Waals surface area (Å²) in [6.45, 7) is -0.0183. The van der Waals surface area contributed by atoms with Crippen molar-refractivity contribution < 1.29 is 14.3 Å². The average Bonchev–Trinajstić information content (AvgIpc) is 2.97. The molecule has 8 nitrogen and oxygen atoms in total. The fourth-order valence-corrected chi connectivity index (χ4v) is 2.78. The van der Waals surface area contributed by atoms with Crippen LogP contribution in [-0.4, -0.2) is 39.6 Å². The molecule has 0 saturated heterocycles. The Hall–Kier alpha value is -2.58. The Morgan fingerprint density at radius 1 is 1.20 bits per heavy atom. The third-order valence-electron chi connectivity index (χ3n) is 3.38. The second-order valence-electron chi connectivity index (χ2n) is 4.95. The molecule has 0 unspecified atom stereocenters. The quantitative estimate of drug-likeness (QED) is 0.539. The van der Waals surface area contributed by atoms with E-state index >= 15 is 0 Å². The van der Waals surface area contributed by atoms with Gasteiger partial charge in [0.25, 0.3) is 0 Å². The Morgan fingerprint density at radius 3 is 2.68 bits per heavy atom. The summed E-state index contributed by atoms with van der Waals surface area (Å²) in [7, 11) is 3.06. The number of aromatic nitrogens is 4. The Morgan fingerprint density at radius 2 is 1.96 bits per heavy atom. The molecule has 25 heavy (non-hydrogen) atoms. The Kier molecular flexibility index (Phi) is 4.91. The summed E-state index contributed by atoms with van der Waals surface area (Å²) >= 11 is 11.8. The summed E-state index contributed by atoms with van der Waals surface area (Å²) in [5.41, 5.74) is 1.33. The lowest BCUT2D eigenvalue weighted by molar-refractivity contribution is -0.116. The zero-order chi connectivity index (χ0) is 18.0. The third kappa shape index (κ3) is 3.59. The molecule has 2 aromatic heterocycles. The summed E-state index contributed by atoms with van der Waals surface area (Å²) in [6.07, 6.45) is 1.45. The number of fused-ring (bicyclic) bond motifs is 1. The minimum Gasteiger partial charge on any atom is -0.493 e. The number of hydrogen-bond acceptors (Lipinski definition) is 6. The monoisotopic (exact) mass is 381 g/mol. The average molecular weight is 382 g/mol. The maximum atomic E-state index is 12.3. The standard InChI is InChI=1S/C15H13Cl2N5O3/c1-24-9-4-3-8(5-10(9)25-2)19-11(23)6-22-7-18-14-12(22)13(16)20-15(17)21-14/h3-5,7H,6H2,1-2H3,(H,19,23). The fourth-order valence-electron chi connectivity index (χ4n) is 2.30. The van der Waals surface area contributed by atoms with Gasteiger partial charge in [-0.15, -0.1) is 0 Å². The van der Waals surface area contributed by atoms with Crippen LogP contribution in [0.25, 0.3) is 11.2 Å². The van der Waals surface area contributed by atoms with E-state index in [1.807, 2.05) is 0 Å². The Bertz CT molecular complexity index is 944. The van der Waals surface area contributed by atoms with Gasteiger partial charge >= 0.3 is 0 Å². The maximum absolute atomic E-state index is 12.3. The second-order valence-corrected chi connectivity index (χ2v) is 5.64. The van der Waals surface area contributed by atoms with Gasteiger partial charge < -0.3 is 19.4 Å². The van der Waals surface area contributed by atoms with Gasteiger partial charge in [0.1, 0.15) is 12.1 Å². The number of hydrogen-bond donors (Lipinski definition) is 1. The van der Waals surface area contributed by atoms with Crippen molar-refractivity contribution in [3.05, 3.63) is 35.0 Å². The molecule has 0 radical (unpaired) electrons. The van der Waals surface area contributed by atoms with E-state index in [9.17, 15) is 4.79 Å². The van der Waals surface area contributed by atoms with E-state index in [0.29, 0.717) is 28.4 Å². The number of carbonyl (C=O) groups excluding carboxylic acids is 1. The predicted molar refractivity (Wildman–Crippen MR) is 93.5 cm³/mol. The van der Waals surface area contributed by atoms with Crippen molar-refractivity contribution in [3.8, 4) is 11.5 Å². The van der Waals surface area contributed by atoms with E-state index in [2.05, 4.69) is 20.3 Å². The Labute approximate surface area is 152 Å². The summed E-state index contributed by atoms with van der Waals surface area (Å²) in [4.78, 5) is 24.2. The molecule has 0 saturated carbocycles. The molecule has 0 fully saturated rings. The van der Waals surface area contributed by atoms with Gasteiger partial charge in [-0.3, -0.25) is 4.79 Å². The molecular formula is C15H13Cl2N5O3. The van der Waals surface area contributed by atoms with Crippen LogP contribution in [0.4, 0.5) is 5.69 Å². The highest BCUT2D eigenvalue weighted by Gasteiger charge is 2.14. The van der Waals surface area contributed by atoms with Gasteiger partial charge in [0.05, 0.1) is 20.5 Å². The van der Waals surface area contributed by atoms with Crippen molar-refractivity contribution in [1.82, 2.24) is 19.5 Å². The van der Waals surface area contributed by atoms with Crippen molar-refractivity contribution in [2.24, 2.45) is 0 Å². The molecule has 130 valence electrons. The number of benzene rings is 1. The van der Waals surface area contributed by atoms with Crippen molar-refractivity contribution in [1.29, 1.82) is 0 Å². The molecule has 1 aromatic carbocycles. The van der Waals surface area contributed by atoms with E-state index in [0.717, 1.165) is 0 Å². The molecule has 3 rings (SSSR count). The summed E-state index contributed by atoms with van der Waals surface area (Å²) < 4.78 is 11.9. The molecule has 0 atom stereocenters. The van der Waals surface area contributed by atoms with Gasteiger partial charge in [-0.25, -0.2) is 9.97 Å². The molecular weight excluding hydrogens is 369 g/mol. The van der Waals surface area contributed by atoms with E-state index in [1.165, 1.54) is 13.4 Å². The number of nitrogens with one attached hydrogen (secondary N) is 1. The first-order chi connectivity index (χ1) is 12.0. The number of amides is 1. The third-order valence-corrected chi connectivity index (χ3v) is 3.82. The van der Waals surface area contributed by atoms with E-state index in [-0.39, 0.29) is 22.9 Å². The van der Waals surface area contributed by atoms with Crippen LogP contribution in [0.5, 0.6) is 11.5 Å². The van der Waals surface area contributed by atoms with Gasteiger partial charge in [0.2, 0.25) is 11.2 Å². The van der Waals surface area contributed by atoms with E-state index in [4.69, 9.17) is 32.7 Å². The first-order valence-electron chi connectivity index (χ1n) is 7.07. The lowest BCUT2D eigenvalue weighted by Gasteiger charge is -2.11. The molecule has 0 spiro atoms. The van der Waals surface area contributed by atoms with Crippen LogP contribution in [-0.2, 0) is 11.3 Å². The van der Waals surface area contributed by atoms with Crippen LogP contribution >= 0.6 is 23.2 Å². The highest BCUT2D eigenvalue weighted by Crippen LogP contribution is 2.29. The van der Waals surface area contributed by atoms with Gasteiger partial charge in [-0.1, -0.05) is 11.6 Å². The largest absolute Gasteiger partial charge is 0.493 e. The molecule has 10 heteroatoms. The van der Waals surface area contributed by atoms with E-state index in [1.54, 1.807) is 29.9 Å². The van der Waals surface area contributed by atoms with Crippen LogP contribution in [0.3, 0.4) is 0 Å². The number of methoxy groups -OCH3 is 2. The molecule has 0 aliphatic heterocycles. The van der Waals surface area contributed by atoms with Crippen molar-refractivity contribution in [2.75, 3.05) is 19.5 Å². The first kappa shape index (κ1) is 17.2. The second kappa shape index (κ2) is 7.12. The van der Waals surface area contributed by atoms with Gasteiger partial charge in [0.15, 0.2) is 22.3 Å². The predicted octanol–water partition coefficient (Wildman–Crippen LogP) is 2.79. The number of rotatable bonds is 5. The van der Waals surface area contributed by atoms with Crippen molar-refractivity contribution in [3.63, 3.8) is 0 Å². The van der Waals surface area contributed by atoms with Crippen LogP contribution < -0.4 is 14.8 Å². The molecule has 3 aromatic rings. The SMILES string of the molecule is COc1ccc(NC(=O)Cn2cnc3nc(Cl)nc(Cl)c32)cc1OC. The number of imidazole rings is 1. The number of nitrogens with zero attached hydrogens (tertiary/aromatic N) is 4. The van der Waals surface area contributed by atoms with Gasteiger partial charge in [0, 0.05) is 11.8 Å². The zero-order valence-electron chi connectivity index (χ0n) is 13.3. The molecule has 0 aliphatic carbocycles. The number of anilines is 1. The molecule has 0 aliphatic rings. The molecule has 2 heterocycles. The van der Waals surface area contributed by atoms with Gasteiger partial charge in [-0.2, -0.15) is 4.98 Å². The number of halogens is 2. The summed E-state index contributed by atoms with van der Waals surface area (Å²) in [5.74, 6) is 0.805. The number of ether oxygens (including phenoxy) is 2. The molecule has 0 bridgehead atoms. The normalized spacial score (nSPS) is 10.7.